The van der Waals surface area contributed by atoms with Crippen molar-refractivity contribution in [1.82, 2.24) is 4.90 Å². The molecule has 1 aromatic rings. The summed E-state index contributed by atoms with van der Waals surface area (Å²) in [5.41, 5.74) is 1.06. The molecule has 0 aromatic heterocycles. The molecule has 0 unspecified atom stereocenters. The summed E-state index contributed by atoms with van der Waals surface area (Å²) in [4.78, 5) is 2.09. The SMILES string of the molecule is CC.CN(C)CCc1cccc(F)c1. The van der Waals surface area contributed by atoms with Crippen LogP contribution in [0.3, 0.4) is 0 Å². The van der Waals surface area contributed by atoms with Crippen molar-refractivity contribution >= 4 is 0 Å². The molecule has 0 heterocycles. The van der Waals surface area contributed by atoms with Crippen LogP contribution in [0.4, 0.5) is 4.39 Å². The first kappa shape index (κ1) is 13.1. The number of rotatable bonds is 3. The van der Waals surface area contributed by atoms with E-state index < -0.39 is 0 Å². The molecule has 0 saturated heterocycles. The largest absolute Gasteiger partial charge is 0.309 e. The summed E-state index contributed by atoms with van der Waals surface area (Å²) >= 11 is 0. The molecule has 0 aliphatic carbocycles. The Morgan fingerprint density at radius 2 is 1.86 bits per heavy atom. The Kier molecular flexibility index (Phi) is 7.03. The van der Waals surface area contributed by atoms with E-state index in [0.29, 0.717) is 0 Å². The quantitative estimate of drug-likeness (QED) is 0.720. The lowest BCUT2D eigenvalue weighted by Gasteiger charge is -2.08. The molecule has 0 spiro atoms. The van der Waals surface area contributed by atoms with Gasteiger partial charge in [0.25, 0.3) is 0 Å². The fraction of sp³-hybridized carbons (Fsp3) is 0.500. The Morgan fingerprint density at radius 3 is 2.36 bits per heavy atom. The van der Waals surface area contributed by atoms with Gasteiger partial charge in [-0.3, -0.25) is 0 Å². The minimum absolute atomic E-state index is 0.147. The molecule has 0 bridgehead atoms. The van der Waals surface area contributed by atoms with Crippen LogP contribution in [0.25, 0.3) is 0 Å². The van der Waals surface area contributed by atoms with Gasteiger partial charge in [0.05, 0.1) is 0 Å². The predicted octanol–water partition coefficient (Wildman–Crippen LogP) is 2.96. The summed E-state index contributed by atoms with van der Waals surface area (Å²) in [6.45, 7) is 4.96. The van der Waals surface area contributed by atoms with Crippen LogP contribution >= 0.6 is 0 Å². The van der Waals surface area contributed by atoms with Gasteiger partial charge < -0.3 is 4.90 Å². The second-order valence-corrected chi connectivity index (χ2v) is 3.18. The number of hydrogen-bond donors (Lipinski definition) is 0. The zero-order valence-electron chi connectivity index (χ0n) is 9.55. The van der Waals surface area contributed by atoms with Gasteiger partial charge in [-0.1, -0.05) is 26.0 Å². The maximum absolute atomic E-state index is 12.7. The highest BCUT2D eigenvalue weighted by atomic mass is 19.1. The molecule has 1 aromatic carbocycles. The first-order valence-electron chi connectivity index (χ1n) is 5.07. The van der Waals surface area contributed by atoms with Gasteiger partial charge in [-0.2, -0.15) is 0 Å². The van der Waals surface area contributed by atoms with Gasteiger partial charge in [-0.25, -0.2) is 4.39 Å². The first-order valence-corrected chi connectivity index (χ1v) is 5.07. The zero-order valence-corrected chi connectivity index (χ0v) is 9.55. The minimum atomic E-state index is -0.147. The van der Waals surface area contributed by atoms with Crippen molar-refractivity contribution in [1.29, 1.82) is 0 Å². The molecule has 0 N–H and O–H groups in total. The summed E-state index contributed by atoms with van der Waals surface area (Å²) in [7, 11) is 4.03. The second kappa shape index (κ2) is 7.51. The standard InChI is InChI=1S/C10H14FN.C2H6/c1-12(2)7-6-9-4-3-5-10(11)8-9;1-2/h3-5,8H,6-7H2,1-2H3;1-2H3. The normalized spacial score (nSPS) is 9.57. The molecule has 0 atom stereocenters. The van der Waals surface area contributed by atoms with Crippen molar-refractivity contribution in [2.24, 2.45) is 0 Å². The molecule has 1 nitrogen and oxygen atoms in total. The fourth-order valence-corrected chi connectivity index (χ4v) is 1.05. The van der Waals surface area contributed by atoms with E-state index in [1.165, 1.54) is 6.07 Å². The zero-order chi connectivity index (χ0) is 11.0. The van der Waals surface area contributed by atoms with Gasteiger partial charge >= 0.3 is 0 Å². The molecule has 1 rings (SSSR count). The molecule has 0 fully saturated rings. The van der Waals surface area contributed by atoms with E-state index >= 15 is 0 Å². The van der Waals surface area contributed by atoms with Gasteiger partial charge in [-0.05, 0) is 38.2 Å². The molecule has 80 valence electrons. The smallest absolute Gasteiger partial charge is 0.123 e. The second-order valence-electron chi connectivity index (χ2n) is 3.18. The Balaban J connectivity index is 0.000000791. The maximum atomic E-state index is 12.7. The number of nitrogens with zero attached hydrogens (tertiary/aromatic N) is 1. The van der Waals surface area contributed by atoms with Crippen LogP contribution in [-0.4, -0.2) is 25.5 Å². The molecule has 0 radical (unpaired) electrons. The molecule has 0 aliphatic heterocycles. The Hall–Kier alpha value is -0.890. The van der Waals surface area contributed by atoms with Crippen molar-refractivity contribution in [3.8, 4) is 0 Å². The molecule has 2 heteroatoms. The molecule has 0 aliphatic rings. The van der Waals surface area contributed by atoms with Crippen LogP contribution in [0.1, 0.15) is 19.4 Å². The Labute approximate surface area is 86.6 Å². The number of hydrogen-bond acceptors (Lipinski definition) is 1. The third-order valence-electron chi connectivity index (χ3n) is 1.74. The van der Waals surface area contributed by atoms with Crippen molar-refractivity contribution in [3.63, 3.8) is 0 Å². The lowest BCUT2D eigenvalue weighted by Crippen LogP contribution is -2.15. The van der Waals surface area contributed by atoms with E-state index in [2.05, 4.69) is 4.90 Å². The summed E-state index contributed by atoms with van der Waals surface area (Å²) in [5.74, 6) is -0.147. The average Bonchev–Trinajstić information content (AvgIpc) is 2.18. The van der Waals surface area contributed by atoms with Crippen molar-refractivity contribution in [2.45, 2.75) is 20.3 Å². The molecular weight excluding hydrogens is 177 g/mol. The van der Waals surface area contributed by atoms with Gasteiger partial charge in [0.1, 0.15) is 5.82 Å². The molecule has 0 amide bonds. The highest BCUT2D eigenvalue weighted by Gasteiger charge is 1.95. The van der Waals surface area contributed by atoms with E-state index in [4.69, 9.17) is 0 Å². The van der Waals surface area contributed by atoms with E-state index in [0.717, 1.165) is 18.5 Å². The summed E-state index contributed by atoms with van der Waals surface area (Å²) in [5, 5.41) is 0. The fourth-order valence-electron chi connectivity index (χ4n) is 1.05. The van der Waals surface area contributed by atoms with Crippen LogP contribution in [-0.2, 0) is 6.42 Å². The van der Waals surface area contributed by atoms with Crippen molar-refractivity contribution in [3.05, 3.63) is 35.6 Å². The van der Waals surface area contributed by atoms with Crippen molar-refractivity contribution < 1.29 is 4.39 Å². The third-order valence-corrected chi connectivity index (χ3v) is 1.74. The van der Waals surface area contributed by atoms with Crippen molar-refractivity contribution in [2.75, 3.05) is 20.6 Å². The summed E-state index contributed by atoms with van der Waals surface area (Å²) in [6, 6.07) is 6.76. The van der Waals surface area contributed by atoms with E-state index in [1.807, 2.05) is 34.0 Å². The predicted molar refractivity (Wildman–Crippen MR) is 60.0 cm³/mol. The van der Waals surface area contributed by atoms with Crippen LogP contribution in [0.15, 0.2) is 24.3 Å². The van der Waals surface area contributed by atoms with Gasteiger partial charge in [0.2, 0.25) is 0 Å². The monoisotopic (exact) mass is 197 g/mol. The highest BCUT2D eigenvalue weighted by Crippen LogP contribution is 2.04. The Morgan fingerprint density at radius 1 is 1.21 bits per heavy atom. The number of likely N-dealkylation sites (N-methyl/N-ethyl adjacent to an activating group) is 1. The highest BCUT2D eigenvalue weighted by molar-refractivity contribution is 5.16. The van der Waals surface area contributed by atoms with Crippen LogP contribution in [0, 0.1) is 5.82 Å². The average molecular weight is 197 g/mol. The lowest BCUT2D eigenvalue weighted by atomic mass is 10.1. The van der Waals surface area contributed by atoms with Crippen LogP contribution < -0.4 is 0 Å². The van der Waals surface area contributed by atoms with E-state index in [-0.39, 0.29) is 5.82 Å². The maximum Gasteiger partial charge on any atom is 0.123 e. The summed E-state index contributed by atoms with van der Waals surface area (Å²) < 4.78 is 12.7. The Bertz CT molecular complexity index is 246. The van der Waals surface area contributed by atoms with E-state index in [1.54, 1.807) is 12.1 Å². The molecule has 0 saturated carbocycles. The van der Waals surface area contributed by atoms with Crippen LogP contribution in [0.5, 0.6) is 0 Å². The topological polar surface area (TPSA) is 3.24 Å². The molecule has 14 heavy (non-hydrogen) atoms. The van der Waals surface area contributed by atoms with Gasteiger partial charge in [0, 0.05) is 6.54 Å². The van der Waals surface area contributed by atoms with Gasteiger partial charge in [-0.15, -0.1) is 0 Å². The number of benzene rings is 1. The molecular formula is C12H20FN. The minimum Gasteiger partial charge on any atom is -0.309 e. The number of halogens is 1. The van der Waals surface area contributed by atoms with Crippen LogP contribution in [0.2, 0.25) is 0 Å². The lowest BCUT2D eigenvalue weighted by molar-refractivity contribution is 0.413. The van der Waals surface area contributed by atoms with Gasteiger partial charge in [0.15, 0.2) is 0 Å². The summed E-state index contributed by atoms with van der Waals surface area (Å²) in [6.07, 6.45) is 0.908. The van der Waals surface area contributed by atoms with E-state index in [9.17, 15) is 4.39 Å². The first-order chi connectivity index (χ1) is 6.68. The third kappa shape index (κ3) is 5.70.